The fourth-order valence-electron chi connectivity index (χ4n) is 4.18. The van der Waals surface area contributed by atoms with E-state index in [1.807, 2.05) is 58.8 Å². The van der Waals surface area contributed by atoms with Crippen LogP contribution in [0.5, 0.6) is 0 Å². The summed E-state index contributed by atoms with van der Waals surface area (Å²) >= 11 is 1.65. The van der Waals surface area contributed by atoms with Crippen molar-refractivity contribution in [2.45, 2.75) is 64.6 Å². The maximum Gasteiger partial charge on any atom is 0.254 e. The summed E-state index contributed by atoms with van der Waals surface area (Å²) in [6.45, 7) is 3.43. The standard InChI is InChI=1S/C29H34N2O2S/c1-2-3-5-9-23-13-15-25(16-14-23)29(33)31(26-17-18-26)22-28(32)30(21-27-12-8-19-34-27)20-24-10-6-4-7-11-24/h4,6-8,10-16,19,26H,2-3,5,9,17-18,20-22H2,1H3. The van der Waals surface area contributed by atoms with E-state index in [9.17, 15) is 9.59 Å². The summed E-state index contributed by atoms with van der Waals surface area (Å²) in [5.41, 5.74) is 3.03. The molecule has 0 aliphatic heterocycles. The number of carbonyl (C=O) groups excluding carboxylic acids is 2. The summed E-state index contributed by atoms with van der Waals surface area (Å²) in [6.07, 6.45) is 6.59. The lowest BCUT2D eigenvalue weighted by Crippen LogP contribution is -2.43. The first kappa shape index (κ1) is 24.2. The van der Waals surface area contributed by atoms with Crippen molar-refractivity contribution in [3.8, 4) is 0 Å². The second kappa shape index (κ2) is 12.0. The Morgan fingerprint density at radius 3 is 2.29 bits per heavy atom. The molecule has 0 saturated heterocycles. The van der Waals surface area contributed by atoms with Gasteiger partial charge in [-0.25, -0.2) is 0 Å². The summed E-state index contributed by atoms with van der Waals surface area (Å²) in [5, 5.41) is 2.03. The van der Waals surface area contributed by atoms with Gasteiger partial charge in [-0.3, -0.25) is 9.59 Å². The van der Waals surface area contributed by atoms with Crippen molar-refractivity contribution >= 4 is 23.2 Å². The molecule has 0 atom stereocenters. The zero-order chi connectivity index (χ0) is 23.8. The summed E-state index contributed by atoms with van der Waals surface area (Å²) < 4.78 is 0. The highest BCUT2D eigenvalue weighted by atomic mass is 32.1. The summed E-state index contributed by atoms with van der Waals surface area (Å²) in [7, 11) is 0. The molecule has 178 valence electrons. The molecule has 2 amide bonds. The number of nitrogens with zero attached hydrogens (tertiary/aromatic N) is 2. The second-order valence-corrected chi connectivity index (χ2v) is 10.2. The van der Waals surface area contributed by atoms with Crippen LogP contribution in [-0.2, 0) is 24.3 Å². The lowest BCUT2D eigenvalue weighted by atomic mass is 10.0. The smallest absolute Gasteiger partial charge is 0.254 e. The van der Waals surface area contributed by atoms with Gasteiger partial charge in [-0.15, -0.1) is 11.3 Å². The van der Waals surface area contributed by atoms with Crippen LogP contribution >= 0.6 is 11.3 Å². The van der Waals surface area contributed by atoms with Crippen molar-refractivity contribution in [1.29, 1.82) is 0 Å². The maximum absolute atomic E-state index is 13.5. The lowest BCUT2D eigenvalue weighted by molar-refractivity contribution is -0.133. The first-order valence-electron chi connectivity index (χ1n) is 12.4. The van der Waals surface area contributed by atoms with Gasteiger partial charge < -0.3 is 9.80 Å². The van der Waals surface area contributed by atoms with E-state index >= 15 is 0 Å². The molecule has 4 rings (SSSR count). The SMILES string of the molecule is CCCCCc1ccc(C(=O)N(CC(=O)N(Cc2ccccc2)Cc2cccs2)C2CC2)cc1. The zero-order valence-electron chi connectivity index (χ0n) is 20.0. The van der Waals surface area contributed by atoms with Crippen LogP contribution in [0, 0.1) is 0 Å². The Morgan fingerprint density at radius 1 is 0.882 bits per heavy atom. The van der Waals surface area contributed by atoms with Crippen LogP contribution in [0.1, 0.15) is 65.4 Å². The van der Waals surface area contributed by atoms with E-state index in [1.54, 1.807) is 16.2 Å². The van der Waals surface area contributed by atoms with Gasteiger partial charge in [0.2, 0.25) is 5.91 Å². The number of unbranched alkanes of at least 4 members (excludes halogenated alkanes) is 2. The average Bonchev–Trinajstić information content (AvgIpc) is 3.58. The van der Waals surface area contributed by atoms with Gasteiger partial charge in [-0.05, 0) is 60.4 Å². The van der Waals surface area contributed by atoms with Crippen LogP contribution in [0.3, 0.4) is 0 Å². The van der Waals surface area contributed by atoms with Gasteiger partial charge in [-0.1, -0.05) is 68.3 Å². The molecule has 5 heteroatoms. The summed E-state index contributed by atoms with van der Waals surface area (Å²) in [6, 6.07) is 22.3. The Morgan fingerprint density at radius 2 is 1.65 bits per heavy atom. The first-order chi connectivity index (χ1) is 16.6. The van der Waals surface area contributed by atoms with E-state index in [0.29, 0.717) is 18.7 Å². The third-order valence-corrected chi connectivity index (χ3v) is 7.18. The van der Waals surface area contributed by atoms with Crippen LogP contribution in [0.15, 0.2) is 72.1 Å². The minimum Gasteiger partial charge on any atom is -0.332 e. The molecule has 4 nitrogen and oxygen atoms in total. The number of hydrogen-bond donors (Lipinski definition) is 0. The summed E-state index contributed by atoms with van der Waals surface area (Å²) in [4.78, 5) is 31.7. The van der Waals surface area contributed by atoms with Gasteiger partial charge in [0.15, 0.2) is 0 Å². The topological polar surface area (TPSA) is 40.6 Å². The number of rotatable bonds is 12. The molecule has 1 heterocycles. The van der Waals surface area contributed by atoms with Crippen molar-refractivity contribution in [3.05, 3.63) is 93.7 Å². The van der Waals surface area contributed by atoms with Crippen molar-refractivity contribution in [1.82, 2.24) is 9.80 Å². The van der Waals surface area contributed by atoms with Crippen LogP contribution in [0.2, 0.25) is 0 Å². The molecule has 0 spiro atoms. The Balaban J connectivity index is 1.45. The summed E-state index contributed by atoms with van der Waals surface area (Å²) in [5.74, 6) is -0.0413. The number of thiophene rings is 1. The van der Waals surface area contributed by atoms with Gasteiger partial charge in [0.25, 0.3) is 5.91 Å². The Kier molecular flexibility index (Phi) is 8.53. The largest absolute Gasteiger partial charge is 0.332 e. The zero-order valence-corrected chi connectivity index (χ0v) is 20.8. The normalized spacial score (nSPS) is 13.0. The first-order valence-corrected chi connectivity index (χ1v) is 13.3. The molecule has 2 aromatic carbocycles. The van der Waals surface area contributed by atoms with Crippen LogP contribution in [-0.4, -0.2) is 34.2 Å². The molecule has 1 aliphatic carbocycles. The van der Waals surface area contributed by atoms with Crippen molar-refractivity contribution in [3.63, 3.8) is 0 Å². The van der Waals surface area contributed by atoms with Gasteiger partial charge in [0.1, 0.15) is 6.54 Å². The van der Waals surface area contributed by atoms with Gasteiger partial charge in [0.05, 0.1) is 6.54 Å². The molecule has 0 bridgehead atoms. The van der Waals surface area contributed by atoms with Gasteiger partial charge in [0, 0.05) is 23.0 Å². The Bertz CT molecular complexity index is 1040. The maximum atomic E-state index is 13.5. The molecule has 0 radical (unpaired) electrons. The molecule has 1 fully saturated rings. The van der Waals surface area contributed by atoms with Crippen molar-refractivity contribution in [2.24, 2.45) is 0 Å². The van der Waals surface area contributed by atoms with E-state index in [4.69, 9.17) is 0 Å². The second-order valence-electron chi connectivity index (χ2n) is 9.13. The van der Waals surface area contributed by atoms with Gasteiger partial charge in [-0.2, -0.15) is 0 Å². The van der Waals surface area contributed by atoms with Gasteiger partial charge >= 0.3 is 0 Å². The Hall–Kier alpha value is -2.92. The van der Waals surface area contributed by atoms with E-state index in [-0.39, 0.29) is 24.4 Å². The molecule has 0 N–H and O–H groups in total. The minimum absolute atomic E-state index is 0.00584. The number of benzene rings is 2. The number of amides is 2. The number of aryl methyl sites for hydroxylation is 1. The van der Waals surface area contributed by atoms with Crippen LogP contribution < -0.4 is 0 Å². The van der Waals surface area contributed by atoms with E-state index in [1.165, 1.54) is 24.8 Å². The molecule has 0 unspecified atom stereocenters. The average molecular weight is 475 g/mol. The molecule has 3 aromatic rings. The minimum atomic E-state index is -0.0354. The highest BCUT2D eigenvalue weighted by Gasteiger charge is 2.35. The predicted molar refractivity (Wildman–Crippen MR) is 139 cm³/mol. The van der Waals surface area contributed by atoms with Crippen LogP contribution in [0.25, 0.3) is 0 Å². The fraction of sp³-hybridized carbons (Fsp3) is 0.379. The lowest BCUT2D eigenvalue weighted by Gasteiger charge is -2.28. The molecule has 1 aromatic heterocycles. The molecule has 1 saturated carbocycles. The quantitative estimate of drug-likeness (QED) is 0.288. The monoisotopic (exact) mass is 474 g/mol. The Labute approximate surface area is 207 Å². The highest BCUT2D eigenvalue weighted by molar-refractivity contribution is 7.09. The third kappa shape index (κ3) is 6.80. The number of hydrogen-bond acceptors (Lipinski definition) is 3. The molecule has 1 aliphatic rings. The fourth-order valence-corrected chi connectivity index (χ4v) is 4.90. The predicted octanol–water partition coefficient (Wildman–Crippen LogP) is 6.31. The van der Waals surface area contributed by atoms with Crippen molar-refractivity contribution in [2.75, 3.05) is 6.54 Å². The third-order valence-electron chi connectivity index (χ3n) is 6.32. The molecular formula is C29H34N2O2S. The van der Waals surface area contributed by atoms with E-state index in [2.05, 4.69) is 25.1 Å². The highest BCUT2D eigenvalue weighted by Crippen LogP contribution is 2.29. The van der Waals surface area contributed by atoms with E-state index in [0.717, 1.165) is 29.7 Å². The van der Waals surface area contributed by atoms with E-state index < -0.39 is 0 Å². The molecular weight excluding hydrogens is 440 g/mol. The number of carbonyl (C=O) groups is 2. The van der Waals surface area contributed by atoms with Crippen LogP contribution in [0.4, 0.5) is 0 Å². The van der Waals surface area contributed by atoms with Crippen molar-refractivity contribution < 1.29 is 9.59 Å². The molecule has 34 heavy (non-hydrogen) atoms.